The fourth-order valence-electron chi connectivity index (χ4n) is 1.06. The number of hydrogen-bond donors (Lipinski definition) is 1. The second-order valence-corrected chi connectivity index (χ2v) is 2.56. The molecule has 0 aliphatic heterocycles. The summed E-state index contributed by atoms with van der Waals surface area (Å²) in [6.07, 6.45) is 3.11. The first kappa shape index (κ1) is 6.97. The van der Waals surface area contributed by atoms with Crippen LogP contribution < -0.4 is 0 Å². The lowest BCUT2D eigenvalue weighted by Crippen LogP contribution is -1.89. The number of aromatic nitrogens is 3. The molecule has 0 saturated carbocycles. The predicted molar refractivity (Wildman–Crippen MR) is 43.9 cm³/mol. The van der Waals surface area contributed by atoms with Gasteiger partial charge in [0, 0.05) is 6.92 Å². The van der Waals surface area contributed by atoms with Gasteiger partial charge < -0.3 is 4.98 Å². The number of nitrogens with one attached hydrogen (secondary N) is 1. The molecule has 2 aromatic rings. The number of fused-ring (bicyclic) bond motifs is 1. The predicted octanol–water partition coefficient (Wildman–Crippen LogP) is 1.16. The van der Waals surface area contributed by atoms with Gasteiger partial charge in [-0.1, -0.05) is 0 Å². The van der Waals surface area contributed by atoms with E-state index in [9.17, 15) is 4.79 Å². The van der Waals surface area contributed by atoms with Crippen LogP contribution in [0.3, 0.4) is 0 Å². The van der Waals surface area contributed by atoms with Gasteiger partial charge in [-0.2, -0.15) is 0 Å². The van der Waals surface area contributed by atoms with Crippen molar-refractivity contribution in [2.45, 2.75) is 6.92 Å². The summed E-state index contributed by atoms with van der Waals surface area (Å²) in [6.45, 7) is 1.51. The lowest BCUT2D eigenvalue weighted by atomic mass is 10.3. The number of aromatic amines is 1. The van der Waals surface area contributed by atoms with E-state index in [-0.39, 0.29) is 5.78 Å². The Hall–Kier alpha value is -1.71. The summed E-state index contributed by atoms with van der Waals surface area (Å²) in [7, 11) is 0. The summed E-state index contributed by atoms with van der Waals surface area (Å²) in [5.74, 6) is 0.00741. The van der Waals surface area contributed by atoms with Crippen LogP contribution in [0, 0.1) is 0 Å². The van der Waals surface area contributed by atoms with E-state index in [1.807, 2.05) is 0 Å². The Balaban J connectivity index is 2.70. The van der Waals surface area contributed by atoms with Crippen LogP contribution in [0.4, 0.5) is 0 Å². The molecule has 0 fully saturated rings. The average Bonchev–Trinajstić information content (AvgIpc) is 2.46. The molecule has 4 nitrogen and oxygen atoms in total. The van der Waals surface area contributed by atoms with Crippen LogP contribution in [0.2, 0.25) is 0 Å². The van der Waals surface area contributed by atoms with E-state index < -0.39 is 0 Å². The summed E-state index contributed by atoms with van der Waals surface area (Å²) >= 11 is 0. The van der Waals surface area contributed by atoms with Crippen molar-refractivity contribution in [1.29, 1.82) is 0 Å². The molecule has 0 radical (unpaired) electrons. The molecule has 0 aliphatic rings. The number of hydrogen-bond acceptors (Lipinski definition) is 3. The lowest BCUT2D eigenvalue weighted by Gasteiger charge is -1.84. The van der Waals surface area contributed by atoms with Crippen LogP contribution in [-0.2, 0) is 0 Å². The largest absolute Gasteiger partial charge is 0.350 e. The molecule has 1 N–H and O–H groups in total. The van der Waals surface area contributed by atoms with E-state index in [0.717, 1.165) is 11.0 Å². The molecular formula is C8H7N3O. The van der Waals surface area contributed by atoms with Crippen LogP contribution in [-0.4, -0.2) is 20.7 Å². The summed E-state index contributed by atoms with van der Waals surface area (Å²) in [4.78, 5) is 21.7. The number of nitrogens with zero attached hydrogens (tertiary/aromatic N) is 2. The SMILES string of the molecule is CC(=O)c1cc2ncncc2[nH]1. The third-order valence-corrected chi connectivity index (χ3v) is 1.67. The Bertz CT molecular complexity index is 400. The Kier molecular flexibility index (Phi) is 1.40. The Morgan fingerprint density at radius 1 is 1.58 bits per heavy atom. The molecule has 0 unspecified atom stereocenters. The maximum absolute atomic E-state index is 10.9. The third kappa shape index (κ3) is 0.972. The maximum Gasteiger partial charge on any atom is 0.176 e. The van der Waals surface area contributed by atoms with Gasteiger partial charge >= 0.3 is 0 Å². The van der Waals surface area contributed by atoms with Crippen molar-refractivity contribution < 1.29 is 4.79 Å². The molecule has 0 bridgehead atoms. The third-order valence-electron chi connectivity index (χ3n) is 1.67. The topological polar surface area (TPSA) is 58.6 Å². The number of Topliss-reactive ketones (excluding diaryl/α,β-unsaturated/α-hetero) is 1. The van der Waals surface area contributed by atoms with Crippen molar-refractivity contribution in [3.8, 4) is 0 Å². The van der Waals surface area contributed by atoms with E-state index in [1.165, 1.54) is 13.3 Å². The molecule has 60 valence electrons. The fourth-order valence-corrected chi connectivity index (χ4v) is 1.06. The number of carbonyl (C=O) groups is 1. The van der Waals surface area contributed by atoms with E-state index in [0.29, 0.717) is 5.69 Å². The Morgan fingerprint density at radius 2 is 2.42 bits per heavy atom. The summed E-state index contributed by atoms with van der Waals surface area (Å²) in [5.41, 5.74) is 2.14. The minimum absolute atomic E-state index is 0.00741. The summed E-state index contributed by atoms with van der Waals surface area (Å²) < 4.78 is 0. The lowest BCUT2D eigenvalue weighted by molar-refractivity contribution is 0.101. The monoisotopic (exact) mass is 161 g/mol. The minimum atomic E-state index is 0.00741. The zero-order chi connectivity index (χ0) is 8.55. The Morgan fingerprint density at radius 3 is 3.08 bits per heavy atom. The smallest absolute Gasteiger partial charge is 0.176 e. The van der Waals surface area contributed by atoms with E-state index in [4.69, 9.17) is 0 Å². The van der Waals surface area contributed by atoms with Crippen molar-refractivity contribution in [2.24, 2.45) is 0 Å². The van der Waals surface area contributed by atoms with Crippen LogP contribution in [0.5, 0.6) is 0 Å². The van der Waals surface area contributed by atoms with Gasteiger partial charge in [-0.3, -0.25) is 4.79 Å². The number of carbonyl (C=O) groups excluding carboxylic acids is 1. The summed E-state index contributed by atoms with van der Waals surface area (Å²) in [5, 5.41) is 0. The number of H-pyrrole nitrogens is 1. The van der Waals surface area contributed by atoms with Gasteiger partial charge in [-0.15, -0.1) is 0 Å². The van der Waals surface area contributed by atoms with E-state index in [2.05, 4.69) is 15.0 Å². The van der Waals surface area contributed by atoms with Gasteiger partial charge in [0.05, 0.1) is 22.9 Å². The van der Waals surface area contributed by atoms with Crippen molar-refractivity contribution >= 4 is 16.8 Å². The first-order valence-corrected chi connectivity index (χ1v) is 3.57. The van der Waals surface area contributed by atoms with E-state index >= 15 is 0 Å². The average molecular weight is 161 g/mol. The first-order chi connectivity index (χ1) is 5.77. The number of rotatable bonds is 1. The van der Waals surface area contributed by atoms with Crippen molar-refractivity contribution in [2.75, 3.05) is 0 Å². The van der Waals surface area contributed by atoms with Crippen LogP contribution >= 0.6 is 0 Å². The molecule has 0 aromatic carbocycles. The molecule has 2 rings (SSSR count). The summed E-state index contributed by atoms with van der Waals surface area (Å²) in [6, 6.07) is 1.72. The maximum atomic E-state index is 10.9. The quantitative estimate of drug-likeness (QED) is 0.638. The second-order valence-electron chi connectivity index (χ2n) is 2.56. The van der Waals surface area contributed by atoms with Crippen LogP contribution in [0.1, 0.15) is 17.4 Å². The first-order valence-electron chi connectivity index (χ1n) is 3.57. The highest BCUT2D eigenvalue weighted by molar-refractivity contribution is 5.96. The van der Waals surface area contributed by atoms with Gasteiger partial charge in [0.15, 0.2) is 5.78 Å². The zero-order valence-corrected chi connectivity index (χ0v) is 6.53. The molecule has 2 aromatic heterocycles. The molecular weight excluding hydrogens is 154 g/mol. The van der Waals surface area contributed by atoms with Gasteiger partial charge in [0.25, 0.3) is 0 Å². The fraction of sp³-hybridized carbons (Fsp3) is 0.125. The van der Waals surface area contributed by atoms with Crippen molar-refractivity contribution in [1.82, 2.24) is 15.0 Å². The molecule has 0 atom stereocenters. The van der Waals surface area contributed by atoms with Crippen LogP contribution in [0.25, 0.3) is 11.0 Å². The molecule has 0 spiro atoms. The zero-order valence-electron chi connectivity index (χ0n) is 6.53. The highest BCUT2D eigenvalue weighted by Gasteiger charge is 2.04. The molecule has 0 aliphatic carbocycles. The number of ketones is 1. The van der Waals surface area contributed by atoms with Gasteiger partial charge in [0.2, 0.25) is 0 Å². The molecule has 4 heteroatoms. The molecule has 2 heterocycles. The van der Waals surface area contributed by atoms with Gasteiger partial charge in [-0.25, -0.2) is 9.97 Å². The standard InChI is InChI=1S/C8H7N3O/c1-5(12)6-2-7-8(11-6)3-9-4-10-7/h2-4,11H,1H3. The minimum Gasteiger partial charge on any atom is -0.350 e. The Labute approximate surface area is 68.7 Å². The molecule has 0 saturated heterocycles. The van der Waals surface area contributed by atoms with Crippen molar-refractivity contribution in [3.05, 3.63) is 24.3 Å². The molecule has 12 heavy (non-hydrogen) atoms. The van der Waals surface area contributed by atoms with E-state index in [1.54, 1.807) is 12.3 Å². The second kappa shape index (κ2) is 2.41. The van der Waals surface area contributed by atoms with Crippen LogP contribution in [0.15, 0.2) is 18.6 Å². The van der Waals surface area contributed by atoms with Gasteiger partial charge in [-0.05, 0) is 6.07 Å². The normalized spacial score (nSPS) is 10.4. The molecule has 0 amide bonds. The van der Waals surface area contributed by atoms with Gasteiger partial charge in [0.1, 0.15) is 6.33 Å². The highest BCUT2D eigenvalue weighted by atomic mass is 16.1. The van der Waals surface area contributed by atoms with Crippen molar-refractivity contribution in [3.63, 3.8) is 0 Å². The highest BCUT2D eigenvalue weighted by Crippen LogP contribution is 2.10.